The van der Waals surface area contributed by atoms with Crippen LogP contribution in [0.15, 0.2) is 24.3 Å². The summed E-state index contributed by atoms with van der Waals surface area (Å²) in [5.41, 5.74) is 0.223. The fraction of sp³-hybridized carbons (Fsp3) is 0.438. The van der Waals surface area contributed by atoms with Crippen molar-refractivity contribution >= 4 is 18.0 Å². The Kier molecular flexibility index (Phi) is 4.49. The van der Waals surface area contributed by atoms with Gasteiger partial charge in [0.1, 0.15) is 5.60 Å². The molecule has 6 nitrogen and oxygen atoms in total. The maximum absolute atomic E-state index is 12.1. The molecule has 0 bridgehead atoms. The molecule has 2 rings (SSSR count). The maximum atomic E-state index is 12.1. The van der Waals surface area contributed by atoms with Crippen molar-refractivity contribution in [3.8, 4) is 0 Å². The Hall–Kier alpha value is -2.37. The van der Waals surface area contributed by atoms with Crippen molar-refractivity contribution in [3.63, 3.8) is 0 Å². The van der Waals surface area contributed by atoms with Gasteiger partial charge in [-0.2, -0.15) is 0 Å². The summed E-state index contributed by atoms with van der Waals surface area (Å²) in [6.07, 6.45) is -0.389. The second-order valence-corrected chi connectivity index (χ2v) is 5.97. The number of hydrogen-bond donors (Lipinski definition) is 0. The van der Waals surface area contributed by atoms with Crippen LogP contribution in [0.1, 0.15) is 47.9 Å². The number of rotatable bonds is 4. The van der Waals surface area contributed by atoms with Crippen LogP contribution in [-0.4, -0.2) is 41.6 Å². The van der Waals surface area contributed by atoms with Gasteiger partial charge in [-0.25, -0.2) is 4.79 Å². The van der Waals surface area contributed by atoms with E-state index in [2.05, 4.69) is 0 Å². The van der Waals surface area contributed by atoms with Gasteiger partial charge in [0.05, 0.1) is 17.7 Å². The molecule has 0 radical (unpaired) electrons. The summed E-state index contributed by atoms with van der Waals surface area (Å²) in [5, 5.41) is 0. The van der Waals surface area contributed by atoms with Crippen LogP contribution in [0.3, 0.4) is 0 Å². The molecule has 0 atom stereocenters. The monoisotopic (exact) mass is 305 g/mol. The topological polar surface area (TPSA) is 72.9 Å². The van der Waals surface area contributed by atoms with Crippen molar-refractivity contribution in [1.29, 1.82) is 0 Å². The van der Waals surface area contributed by atoms with Crippen LogP contribution in [0.2, 0.25) is 0 Å². The number of benzene rings is 1. The number of amides is 2. The van der Waals surface area contributed by atoms with E-state index in [9.17, 15) is 14.4 Å². The van der Waals surface area contributed by atoms with Gasteiger partial charge in [0.15, 0.2) is 0 Å². The van der Waals surface area contributed by atoms with Crippen molar-refractivity contribution in [2.24, 2.45) is 0 Å². The second-order valence-electron chi connectivity index (χ2n) is 5.97. The van der Waals surface area contributed by atoms with E-state index >= 15 is 0 Å². The van der Waals surface area contributed by atoms with Crippen molar-refractivity contribution in [3.05, 3.63) is 35.4 Å². The summed E-state index contributed by atoms with van der Waals surface area (Å²) < 4.78 is 9.91. The van der Waals surface area contributed by atoms with E-state index in [1.165, 1.54) is 4.90 Å². The predicted octanol–water partition coefficient (Wildman–Crippen LogP) is 2.62. The lowest BCUT2D eigenvalue weighted by Gasteiger charge is -2.19. The molecule has 1 aliphatic heterocycles. The van der Waals surface area contributed by atoms with Gasteiger partial charge in [0.2, 0.25) is 0 Å². The largest absolute Gasteiger partial charge is 0.508 e. The molecule has 1 aliphatic rings. The molecule has 0 N–H and O–H groups in total. The van der Waals surface area contributed by atoms with E-state index in [4.69, 9.17) is 9.47 Å². The third-order valence-electron chi connectivity index (χ3n) is 3.01. The first kappa shape index (κ1) is 16.0. The van der Waals surface area contributed by atoms with E-state index < -0.39 is 11.8 Å². The smallest absolute Gasteiger partial charge is 0.434 e. The van der Waals surface area contributed by atoms with Gasteiger partial charge in [-0.15, -0.1) is 0 Å². The lowest BCUT2D eigenvalue weighted by Crippen LogP contribution is -2.31. The fourth-order valence-electron chi connectivity index (χ4n) is 2.10. The Morgan fingerprint density at radius 3 is 2.14 bits per heavy atom. The summed E-state index contributed by atoms with van der Waals surface area (Å²) in [6.45, 7) is 5.52. The van der Waals surface area contributed by atoms with Gasteiger partial charge in [-0.3, -0.25) is 14.5 Å². The van der Waals surface area contributed by atoms with Crippen LogP contribution in [0.25, 0.3) is 0 Å². The summed E-state index contributed by atoms with van der Waals surface area (Å²) in [6, 6.07) is 6.71. The lowest BCUT2D eigenvalue weighted by atomic mass is 10.1. The second kappa shape index (κ2) is 6.17. The van der Waals surface area contributed by atoms with Crippen LogP contribution in [0.5, 0.6) is 0 Å². The molecule has 0 saturated carbocycles. The molecule has 1 aromatic rings. The number of fused-ring (bicyclic) bond motifs is 1. The highest BCUT2D eigenvalue weighted by molar-refractivity contribution is 6.21. The first-order chi connectivity index (χ1) is 10.3. The third-order valence-corrected chi connectivity index (χ3v) is 3.01. The Morgan fingerprint density at radius 1 is 1.09 bits per heavy atom. The highest BCUT2D eigenvalue weighted by Crippen LogP contribution is 2.22. The van der Waals surface area contributed by atoms with Crippen molar-refractivity contribution in [1.82, 2.24) is 4.90 Å². The molecule has 1 aromatic carbocycles. The predicted molar refractivity (Wildman–Crippen MR) is 78.6 cm³/mol. The molecule has 0 aliphatic carbocycles. The van der Waals surface area contributed by atoms with Crippen LogP contribution in [-0.2, 0) is 9.47 Å². The van der Waals surface area contributed by atoms with E-state index in [1.54, 1.807) is 45.0 Å². The average Bonchev–Trinajstić information content (AvgIpc) is 2.67. The van der Waals surface area contributed by atoms with Crippen molar-refractivity contribution < 1.29 is 23.9 Å². The number of nitrogens with zero attached hydrogens (tertiary/aromatic N) is 1. The number of imide groups is 1. The van der Waals surface area contributed by atoms with Crippen molar-refractivity contribution in [2.45, 2.75) is 32.8 Å². The van der Waals surface area contributed by atoms with E-state index in [-0.39, 0.29) is 25.0 Å². The average molecular weight is 305 g/mol. The Balaban J connectivity index is 1.81. The summed E-state index contributed by atoms with van der Waals surface area (Å²) in [4.78, 5) is 36.7. The van der Waals surface area contributed by atoms with Gasteiger partial charge in [-0.1, -0.05) is 12.1 Å². The standard InChI is InChI=1S/C16H19NO5/c1-16(2,3)22-15(20)21-10-6-9-17-13(18)11-7-4-5-8-12(11)14(17)19/h4-5,7-8H,6,9-10H2,1-3H3. The summed E-state index contributed by atoms with van der Waals surface area (Å²) in [5.74, 6) is -0.615. The van der Waals surface area contributed by atoms with Crippen LogP contribution in [0.4, 0.5) is 4.79 Å². The van der Waals surface area contributed by atoms with Gasteiger partial charge in [0.25, 0.3) is 11.8 Å². The molecular weight excluding hydrogens is 286 g/mol. The molecule has 0 spiro atoms. The molecule has 2 amide bonds. The zero-order valence-corrected chi connectivity index (χ0v) is 12.9. The Morgan fingerprint density at radius 2 is 1.64 bits per heavy atom. The van der Waals surface area contributed by atoms with E-state index in [0.717, 1.165) is 0 Å². The Bertz CT molecular complexity index is 568. The first-order valence-corrected chi connectivity index (χ1v) is 7.10. The minimum atomic E-state index is -0.755. The van der Waals surface area contributed by atoms with E-state index in [1.807, 2.05) is 0 Å². The van der Waals surface area contributed by atoms with Crippen LogP contribution in [0, 0.1) is 0 Å². The van der Waals surface area contributed by atoms with Gasteiger partial charge in [-0.05, 0) is 39.3 Å². The molecule has 1 heterocycles. The maximum Gasteiger partial charge on any atom is 0.508 e. The number of carbonyl (C=O) groups is 3. The number of ether oxygens (including phenoxy) is 2. The zero-order chi connectivity index (χ0) is 16.3. The molecule has 0 aromatic heterocycles. The minimum Gasteiger partial charge on any atom is -0.434 e. The molecule has 6 heteroatoms. The van der Waals surface area contributed by atoms with Crippen molar-refractivity contribution in [2.75, 3.05) is 13.2 Å². The molecule has 118 valence electrons. The first-order valence-electron chi connectivity index (χ1n) is 7.10. The minimum absolute atomic E-state index is 0.0856. The van der Waals surface area contributed by atoms with Crippen LogP contribution < -0.4 is 0 Å². The van der Waals surface area contributed by atoms with E-state index in [0.29, 0.717) is 17.5 Å². The highest BCUT2D eigenvalue weighted by Gasteiger charge is 2.34. The van der Waals surface area contributed by atoms with Gasteiger partial charge in [0, 0.05) is 6.54 Å². The lowest BCUT2D eigenvalue weighted by molar-refractivity contribution is -0.00786. The molecule has 0 fully saturated rings. The fourth-order valence-corrected chi connectivity index (χ4v) is 2.10. The number of hydrogen-bond acceptors (Lipinski definition) is 5. The third kappa shape index (κ3) is 3.63. The quantitative estimate of drug-likeness (QED) is 0.486. The molecule has 0 unspecified atom stereocenters. The molecule has 0 saturated heterocycles. The highest BCUT2D eigenvalue weighted by atomic mass is 16.7. The normalized spacial score (nSPS) is 14.0. The SMILES string of the molecule is CC(C)(C)OC(=O)OCCCN1C(=O)c2ccccc2C1=O. The van der Waals surface area contributed by atoms with Crippen LogP contribution >= 0.6 is 0 Å². The van der Waals surface area contributed by atoms with Gasteiger partial charge >= 0.3 is 6.16 Å². The summed E-state index contributed by atoms with van der Waals surface area (Å²) >= 11 is 0. The molecular formula is C16H19NO5. The zero-order valence-electron chi connectivity index (χ0n) is 12.9. The molecule has 22 heavy (non-hydrogen) atoms. The Labute approximate surface area is 129 Å². The number of carbonyl (C=O) groups excluding carboxylic acids is 3. The van der Waals surface area contributed by atoms with Gasteiger partial charge < -0.3 is 9.47 Å². The summed E-state index contributed by atoms with van der Waals surface area (Å²) in [7, 11) is 0.